The van der Waals surface area contributed by atoms with E-state index in [4.69, 9.17) is 9.79 Å². The maximum absolute atomic E-state index is 10.7. The van der Waals surface area contributed by atoms with E-state index in [1.807, 2.05) is 6.07 Å². The molecule has 0 amide bonds. The molecule has 2 N–H and O–H groups in total. The van der Waals surface area contributed by atoms with Crippen LogP contribution in [0, 0.1) is 0 Å². The Morgan fingerprint density at radius 2 is 2.00 bits per heavy atom. The molecule has 0 spiro atoms. The lowest BCUT2D eigenvalue weighted by molar-refractivity contribution is 0.135. The van der Waals surface area contributed by atoms with Gasteiger partial charge in [-0.2, -0.15) is 0 Å². The Morgan fingerprint density at radius 3 is 2.47 bits per heavy atom. The number of hydrogen-bond donors (Lipinski definition) is 2. The number of rotatable bonds is 5. The Bertz CT molecular complexity index is 357. The zero-order valence-electron chi connectivity index (χ0n) is 8.11. The molecule has 0 saturated heterocycles. The second-order valence-electron chi connectivity index (χ2n) is 3.02. The second kappa shape index (κ2) is 5.24. The summed E-state index contributed by atoms with van der Waals surface area (Å²) in [5.41, 5.74) is 0.723. The highest BCUT2D eigenvalue weighted by Crippen LogP contribution is 2.43. The van der Waals surface area contributed by atoms with E-state index in [1.165, 1.54) is 0 Å². The first kappa shape index (κ1) is 12.1. The van der Waals surface area contributed by atoms with Crippen molar-refractivity contribution in [1.82, 2.24) is 0 Å². The first-order valence-corrected chi connectivity index (χ1v) is 5.96. The molecule has 0 aliphatic carbocycles. The van der Waals surface area contributed by atoms with E-state index >= 15 is 0 Å². The molecule has 0 heterocycles. The molecule has 5 heteroatoms. The fraction of sp³-hybridized carbons (Fsp3) is 0.200. The van der Waals surface area contributed by atoms with Crippen LogP contribution in [0.4, 0.5) is 0 Å². The van der Waals surface area contributed by atoms with Gasteiger partial charge in [0.05, 0.1) is 6.10 Å². The highest BCUT2D eigenvalue weighted by Gasteiger charge is 2.22. The fourth-order valence-electron chi connectivity index (χ4n) is 1.22. The van der Waals surface area contributed by atoms with Crippen molar-refractivity contribution in [2.75, 3.05) is 0 Å². The van der Waals surface area contributed by atoms with Crippen molar-refractivity contribution in [3.05, 3.63) is 48.6 Å². The number of phosphoric acid groups is 1. The minimum atomic E-state index is -4.46. The van der Waals surface area contributed by atoms with Gasteiger partial charge in [0.2, 0.25) is 0 Å². The summed E-state index contributed by atoms with van der Waals surface area (Å²) in [4.78, 5) is 17.5. The van der Waals surface area contributed by atoms with Crippen molar-refractivity contribution < 1.29 is 18.9 Å². The summed E-state index contributed by atoms with van der Waals surface area (Å²) >= 11 is 0. The van der Waals surface area contributed by atoms with Gasteiger partial charge in [-0.3, -0.25) is 4.52 Å². The number of benzene rings is 1. The molecule has 1 aromatic carbocycles. The molecular weight excluding hydrogens is 215 g/mol. The Labute approximate surface area is 88.5 Å². The predicted molar refractivity (Wildman–Crippen MR) is 57.1 cm³/mol. The summed E-state index contributed by atoms with van der Waals surface area (Å²) < 4.78 is 15.4. The molecular formula is C10H13O4P. The summed E-state index contributed by atoms with van der Waals surface area (Å²) in [7, 11) is -4.46. The summed E-state index contributed by atoms with van der Waals surface area (Å²) in [6.45, 7) is 3.52. The Hall–Kier alpha value is -0.930. The van der Waals surface area contributed by atoms with Gasteiger partial charge < -0.3 is 9.79 Å². The van der Waals surface area contributed by atoms with Gasteiger partial charge in [0.25, 0.3) is 0 Å². The molecule has 0 saturated carbocycles. The minimum Gasteiger partial charge on any atom is -0.303 e. The lowest BCUT2D eigenvalue weighted by Crippen LogP contribution is -2.01. The largest absolute Gasteiger partial charge is 0.470 e. The first-order valence-electron chi connectivity index (χ1n) is 4.42. The highest BCUT2D eigenvalue weighted by atomic mass is 31.2. The molecule has 1 rings (SSSR count). The predicted octanol–water partition coefficient (Wildman–Crippen LogP) is 2.41. The summed E-state index contributed by atoms with van der Waals surface area (Å²) in [6, 6.07) is 8.91. The molecule has 0 aliphatic heterocycles. The van der Waals surface area contributed by atoms with Crippen molar-refractivity contribution >= 4 is 7.82 Å². The lowest BCUT2D eigenvalue weighted by atomic mass is 10.1. The van der Waals surface area contributed by atoms with Gasteiger partial charge in [0, 0.05) is 0 Å². The average molecular weight is 228 g/mol. The van der Waals surface area contributed by atoms with Crippen LogP contribution in [-0.2, 0) is 9.09 Å². The Kier molecular flexibility index (Phi) is 4.24. The highest BCUT2D eigenvalue weighted by molar-refractivity contribution is 7.46. The third-order valence-corrected chi connectivity index (χ3v) is 2.35. The van der Waals surface area contributed by atoms with Crippen LogP contribution in [0.15, 0.2) is 43.0 Å². The van der Waals surface area contributed by atoms with Gasteiger partial charge >= 0.3 is 7.82 Å². The fourth-order valence-corrected chi connectivity index (χ4v) is 1.76. The monoisotopic (exact) mass is 228 g/mol. The lowest BCUT2D eigenvalue weighted by Gasteiger charge is -2.16. The van der Waals surface area contributed by atoms with Crippen molar-refractivity contribution in [3.8, 4) is 0 Å². The van der Waals surface area contributed by atoms with Crippen LogP contribution in [0.1, 0.15) is 18.1 Å². The second-order valence-corrected chi connectivity index (χ2v) is 4.21. The maximum Gasteiger partial charge on any atom is 0.470 e. The van der Waals surface area contributed by atoms with Gasteiger partial charge in [0.15, 0.2) is 0 Å². The summed E-state index contributed by atoms with van der Waals surface area (Å²) in [5.74, 6) is 0. The zero-order chi connectivity index (χ0) is 11.3. The Balaban J connectivity index is 2.84. The van der Waals surface area contributed by atoms with E-state index in [2.05, 4.69) is 11.1 Å². The molecule has 0 bridgehead atoms. The van der Waals surface area contributed by atoms with Crippen LogP contribution >= 0.6 is 7.82 Å². The van der Waals surface area contributed by atoms with Gasteiger partial charge in [0.1, 0.15) is 0 Å². The zero-order valence-corrected chi connectivity index (χ0v) is 9.01. The number of phosphoric ester groups is 1. The van der Waals surface area contributed by atoms with Crippen LogP contribution in [0.3, 0.4) is 0 Å². The van der Waals surface area contributed by atoms with E-state index in [1.54, 1.807) is 30.3 Å². The van der Waals surface area contributed by atoms with Crippen LogP contribution in [0.25, 0.3) is 0 Å². The normalized spacial score (nSPS) is 13.5. The minimum absolute atomic E-state index is 0.356. The van der Waals surface area contributed by atoms with Gasteiger partial charge in [-0.25, -0.2) is 4.57 Å². The molecule has 1 atom stereocenters. The molecule has 0 aliphatic rings. The van der Waals surface area contributed by atoms with Crippen molar-refractivity contribution in [2.24, 2.45) is 0 Å². The third-order valence-electron chi connectivity index (χ3n) is 1.82. The SMILES string of the molecule is C=CCC(OP(=O)(O)O)c1ccccc1. The third kappa shape index (κ3) is 4.40. The Morgan fingerprint density at radius 1 is 1.40 bits per heavy atom. The molecule has 0 aromatic heterocycles. The number of hydrogen-bond acceptors (Lipinski definition) is 2. The topological polar surface area (TPSA) is 66.8 Å². The van der Waals surface area contributed by atoms with E-state index < -0.39 is 13.9 Å². The maximum atomic E-state index is 10.7. The van der Waals surface area contributed by atoms with Crippen molar-refractivity contribution in [3.63, 3.8) is 0 Å². The standard InChI is InChI=1S/C10H13O4P/c1-2-6-10(14-15(11,12)13)9-7-4-3-5-8-9/h2-5,7-8,10H,1,6H2,(H2,11,12,13). The van der Waals surface area contributed by atoms with Crippen molar-refractivity contribution in [2.45, 2.75) is 12.5 Å². The summed E-state index contributed by atoms with van der Waals surface area (Å²) in [6.07, 6.45) is 1.27. The van der Waals surface area contributed by atoms with Crippen LogP contribution in [0.2, 0.25) is 0 Å². The van der Waals surface area contributed by atoms with E-state index in [0.717, 1.165) is 5.56 Å². The molecule has 82 valence electrons. The quantitative estimate of drug-likeness (QED) is 0.600. The van der Waals surface area contributed by atoms with E-state index in [0.29, 0.717) is 6.42 Å². The molecule has 1 aromatic rings. The van der Waals surface area contributed by atoms with Crippen LogP contribution in [0.5, 0.6) is 0 Å². The molecule has 0 fully saturated rings. The smallest absolute Gasteiger partial charge is 0.303 e. The van der Waals surface area contributed by atoms with Crippen LogP contribution in [-0.4, -0.2) is 9.79 Å². The van der Waals surface area contributed by atoms with Gasteiger partial charge in [-0.15, -0.1) is 6.58 Å². The average Bonchev–Trinajstić information content (AvgIpc) is 2.17. The molecule has 1 unspecified atom stereocenters. The molecule has 4 nitrogen and oxygen atoms in total. The summed E-state index contributed by atoms with van der Waals surface area (Å²) in [5, 5.41) is 0. The van der Waals surface area contributed by atoms with Gasteiger partial charge in [-0.05, 0) is 12.0 Å². The first-order chi connectivity index (χ1) is 7.03. The van der Waals surface area contributed by atoms with E-state index in [9.17, 15) is 4.57 Å². The molecule has 0 radical (unpaired) electrons. The van der Waals surface area contributed by atoms with E-state index in [-0.39, 0.29) is 0 Å². The molecule has 15 heavy (non-hydrogen) atoms. The van der Waals surface area contributed by atoms with Gasteiger partial charge in [-0.1, -0.05) is 36.4 Å². The van der Waals surface area contributed by atoms with Crippen molar-refractivity contribution in [1.29, 1.82) is 0 Å². The van der Waals surface area contributed by atoms with Crippen LogP contribution < -0.4 is 0 Å².